The number of nitrogens with two attached hydrogens (primary N) is 1. The van der Waals surface area contributed by atoms with Crippen LogP contribution in [0.15, 0.2) is 60.7 Å². The number of carbonyl (C=O) groups is 3. The van der Waals surface area contributed by atoms with Crippen LogP contribution >= 0.6 is 11.6 Å². The van der Waals surface area contributed by atoms with Gasteiger partial charge in [0.05, 0.1) is 22.2 Å². The van der Waals surface area contributed by atoms with Gasteiger partial charge in [0.2, 0.25) is 11.8 Å². The molecule has 12 heteroatoms. The maximum atomic E-state index is 14.1. The van der Waals surface area contributed by atoms with E-state index < -0.39 is 23.3 Å². The summed E-state index contributed by atoms with van der Waals surface area (Å²) < 4.78 is 41.5. The van der Waals surface area contributed by atoms with Crippen LogP contribution in [0.1, 0.15) is 65.8 Å². The van der Waals surface area contributed by atoms with E-state index in [9.17, 15) is 27.6 Å². The van der Waals surface area contributed by atoms with Crippen molar-refractivity contribution >= 4 is 40.8 Å². The van der Waals surface area contributed by atoms with Gasteiger partial charge in [0.1, 0.15) is 0 Å². The first-order valence-electron chi connectivity index (χ1n) is 17.3. The highest BCUT2D eigenvalue weighted by Crippen LogP contribution is 2.39. The van der Waals surface area contributed by atoms with Crippen LogP contribution in [0.2, 0.25) is 5.02 Å². The minimum Gasteiger partial charge on any atom is -0.397 e. The molecular weight excluding hydrogens is 667 g/mol. The van der Waals surface area contributed by atoms with Gasteiger partial charge in [0, 0.05) is 50.9 Å². The first-order valence-corrected chi connectivity index (χ1v) is 17.7. The fourth-order valence-electron chi connectivity index (χ4n) is 7.59. The lowest BCUT2D eigenvalue weighted by Crippen LogP contribution is -2.50. The van der Waals surface area contributed by atoms with E-state index in [1.54, 1.807) is 9.80 Å². The van der Waals surface area contributed by atoms with Crippen LogP contribution in [0.5, 0.6) is 0 Å². The zero-order valence-corrected chi connectivity index (χ0v) is 28.9. The summed E-state index contributed by atoms with van der Waals surface area (Å²) in [6, 6.07) is 18.2. The number of likely N-dealkylation sites (tertiary alicyclic amines) is 2. The molecule has 3 N–H and O–H groups in total. The number of rotatable bonds is 7. The molecule has 0 bridgehead atoms. The Morgan fingerprint density at radius 1 is 0.940 bits per heavy atom. The van der Waals surface area contributed by atoms with Crippen LogP contribution in [0.4, 0.5) is 29.3 Å². The lowest BCUT2D eigenvalue weighted by molar-refractivity contribution is -0.142. The number of nitrogen functional groups attached to an aromatic ring is 1. The highest BCUT2D eigenvalue weighted by Gasteiger charge is 2.37. The van der Waals surface area contributed by atoms with Crippen LogP contribution in [0, 0.1) is 12.8 Å². The number of anilines is 2. The van der Waals surface area contributed by atoms with Gasteiger partial charge in [0.25, 0.3) is 0 Å². The molecule has 50 heavy (non-hydrogen) atoms. The van der Waals surface area contributed by atoms with E-state index in [1.807, 2.05) is 36.1 Å². The molecule has 2 fully saturated rings. The Hall–Kier alpha value is -4.25. The number of benzene rings is 3. The van der Waals surface area contributed by atoms with Gasteiger partial charge in [-0.15, -0.1) is 0 Å². The third kappa shape index (κ3) is 8.04. The van der Waals surface area contributed by atoms with E-state index in [2.05, 4.69) is 29.6 Å². The second-order valence-electron chi connectivity index (χ2n) is 13.8. The van der Waals surface area contributed by atoms with Crippen LogP contribution in [0.3, 0.4) is 0 Å². The molecule has 0 aliphatic carbocycles. The zero-order valence-electron chi connectivity index (χ0n) is 28.1. The lowest BCUT2D eigenvalue weighted by Gasteiger charge is -2.38. The van der Waals surface area contributed by atoms with Crippen molar-refractivity contribution in [3.63, 3.8) is 0 Å². The number of urea groups is 1. The molecule has 0 aromatic heterocycles. The van der Waals surface area contributed by atoms with Crippen molar-refractivity contribution in [2.45, 2.75) is 70.0 Å². The van der Waals surface area contributed by atoms with Gasteiger partial charge >= 0.3 is 12.2 Å². The number of aryl methyl sites for hydroxylation is 1. The van der Waals surface area contributed by atoms with Crippen molar-refractivity contribution in [1.82, 2.24) is 14.7 Å². The average molecular weight is 710 g/mol. The van der Waals surface area contributed by atoms with Gasteiger partial charge in [-0.05, 0) is 86.3 Å². The molecule has 3 aromatic carbocycles. The predicted molar refractivity (Wildman–Crippen MR) is 188 cm³/mol. The van der Waals surface area contributed by atoms with Gasteiger partial charge in [0.15, 0.2) is 0 Å². The number of halogens is 4. The van der Waals surface area contributed by atoms with Gasteiger partial charge < -0.3 is 25.8 Å². The number of fused-ring (bicyclic) bond motifs is 1. The van der Waals surface area contributed by atoms with E-state index in [0.717, 1.165) is 36.6 Å². The van der Waals surface area contributed by atoms with Gasteiger partial charge in [-0.3, -0.25) is 9.59 Å². The topological polar surface area (TPSA) is 99.0 Å². The standard InChI is InChI=1S/C38H43ClF3N5O3/c1-24-6-8-26(9-7-24)27-10-15-46(16-11-27)36(49)29(20-25-21-31(38(40,41)42)35(43)32(39)22-25)23-34(48)45-17-13-30(14-18-45)47-19-12-28-4-2-3-5-33(28)44-37(47)50/h2-9,21-22,27,29-30H,10-20,23,43H2,1H3,(H,44,50). The van der Waals surface area contributed by atoms with Crippen molar-refractivity contribution in [3.05, 3.63) is 93.5 Å². The molecule has 1 unspecified atom stereocenters. The summed E-state index contributed by atoms with van der Waals surface area (Å²) in [5.74, 6) is -1.07. The molecule has 2 saturated heterocycles. The summed E-state index contributed by atoms with van der Waals surface area (Å²) in [6.07, 6.45) is -1.55. The van der Waals surface area contributed by atoms with Gasteiger partial charge in [-0.2, -0.15) is 13.2 Å². The number of nitrogens with zero attached hydrogens (tertiary/aromatic N) is 3. The summed E-state index contributed by atoms with van der Waals surface area (Å²) in [5, 5.41) is 2.77. The monoisotopic (exact) mass is 709 g/mol. The minimum absolute atomic E-state index is 0.0432. The third-order valence-electron chi connectivity index (χ3n) is 10.5. The predicted octanol–water partition coefficient (Wildman–Crippen LogP) is 7.29. The molecule has 0 saturated carbocycles. The second-order valence-corrected chi connectivity index (χ2v) is 14.2. The molecule has 8 nitrogen and oxygen atoms in total. The normalized spacial score (nSPS) is 18.3. The van der Waals surface area contributed by atoms with E-state index in [0.29, 0.717) is 51.5 Å². The Bertz CT molecular complexity index is 1720. The second kappa shape index (κ2) is 14.9. The fourth-order valence-corrected chi connectivity index (χ4v) is 7.83. The third-order valence-corrected chi connectivity index (χ3v) is 10.8. The number of para-hydroxylation sites is 1. The van der Waals surface area contributed by atoms with E-state index in [4.69, 9.17) is 17.3 Å². The Morgan fingerprint density at radius 3 is 2.28 bits per heavy atom. The van der Waals surface area contributed by atoms with Crippen molar-refractivity contribution in [3.8, 4) is 0 Å². The Morgan fingerprint density at radius 2 is 1.60 bits per heavy atom. The highest BCUT2D eigenvalue weighted by molar-refractivity contribution is 6.33. The first-order chi connectivity index (χ1) is 23.9. The number of hydrogen-bond donors (Lipinski definition) is 2. The molecule has 266 valence electrons. The molecule has 6 rings (SSSR count). The minimum atomic E-state index is -4.73. The molecule has 3 aliphatic rings. The fraction of sp³-hybridized carbons (Fsp3) is 0.447. The molecule has 3 heterocycles. The Kier molecular flexibility index (Phi) is 10.6. The van der Waals surface area contributed by atoms with Gasteiger partial charge in [-0.1, -0.05) is 59.6 Å². The lowest BCUT2D eigenvalue weighted by atomic mass is 9.87. The summed E-state index contributed by atoms with van der Waals surface area (Å²) in [4.78, 5) is 46.3. The van der Waals surface area contributed by atoms with E-state index >= 15 is 0 Å². The number of hydrogen-bond acceptors (Lipinski definition) is 4. The van der Waals surface area contributed by atoms with Crippen LogP contribution in [-0.2, 0) is 28.6 Å². The van der Waals surface area contributed by atoms with Crippen molar-refractivity contribution in [2.75, 3.05) is 43.8 Å². The quantitative estimate of drug-likeness (QED) is 0.252. The van der Waals surface area contributed by atoms with Crippen molar-refractivity contribution < 1.29 is 27.6 Å². The number of alkyl halides is 3. The van der Waals surface area contributed by atoms with Crippen LogP contribution < -0.4 is 11.1 Å². The molecule has 0 spiro atoms. The molecule has 0 radical (unpaired) electrons. The maximum absolute atomic E-state index is 14.1. The smallest absolute Gasteiger partial charge is 0.397 e. The molecule has 4 amide bonds. The van der Waals surface area contributed by atoms with Crippen molar-refractivity contribution in [1.29, 1.82) is 0 Å². The van der Waals surface area contributed by atoms with E-state index in [1.165, 1.54) is 17.2 Å². The zero-order chi connectivity index (χ0) is 35.6. The Labute approximate surface area is 295 Å². The van der Waals surface area contributed by atoms with Gasteiger partial charge in [-0.25, -0.2) is 4.79 Å². The number of nitrogens with one attached hydrogen (secondary N) is 1. The number of piperidine rings is 2. The summed E-state index contributed by atoms with van der Waals surface area (Å²) in [5.41, 5.74) is 8.54. The molecule has 3 aliphatic heterocycles. The summed E-state index contributed by atoms with van der Waals surface area (Å²) in [6.45, 7) is 4.41. The summed E-state index contributed by atoms with van der Waals surface area (Å²) >= 11 is 6.14. The van der Waals surface area contributed by atoms with Crippen LogP contribution in [-0.4, -0.2) is 71.3 Å². The largest absolute Gasteiger partial charge is 0.418 e. The summed E-state index contributed by atoms with van der Waals surface area (Å²) in [7, 11) is 0. The van der Waals surface area contributed by atoms with Crippen molar-refractivity contribution in [2.24, 2.45) is 5.92 Å². The maximum Gasteiger partial charge on any atom is 0.418 e. The highest BCUT2D eigenvalue weighted by atomic mass is 35.5. The molecular formula is C38H43ClF3N5O3. The average Bonchev–Trinajstić information content (AvgIpc) is 3.27. The van der Waals surface area contributed by atoms with Crippen LogP contribution in [0.25, 0.3) is 0 Å². The SMILES string of the molecule is Cc1ccc(C2CCN(C(=O)C(CC(=O)N3CCC(N4CCc5ccccc5NC4=O)CC3)Cc3cc(Cl)c(N)c(C(F)(F)F)c3)CC2)cc1. The number of amides is 4. The number of carbonyl (C=O) groups excluding carboxylic acids is 3. The van der Waals surface area contributed by atoms with E-state index in [-0.39, 0.29) is 47.3 Å². The molecule has 3 aromatic rings. The molecule has 1 atom stereocenters. The first kappa shape index (κ1) is 35.6. The Balaban J connectivity index is 1.14.